The molecule has 162 valence electrons. The van der Waals surface area contributed by atoms with Crippen LogP contribution in [0.5, 0.6) is 0 Å². The number of carbonyl (C=O) groups excluding carboxylic acids is 1. The lowest BCUT2D eigenvalue weighted by molar-refractivity contribution is 0.102. The number of amides is 1. The number of oxazole rings is 1. The molecule has 4 aromatic rings. The predicted octanol–water partition coefficient (Wildman–Crippen LogP) is 4.36. The summed E-state index contributed by atoms with van der Waals surface area (Å²) in [6.07, 6.45) is 1.50. The highest BCUT2D eigenvalue weighted by Crippen LogP contribution is 2.29. The van der Waals surface area contributed by atoms with Gasteiger partial charge >= 0.3 is 0 Å². The molecule has 3 N–H and O–H groups in total. The van der Waals surface area contributed by atoms with Gasteiger partial charge in [-0.1, -0.05) is 18.2 Å². The Morgan fingerprint density at radius 2 is 1.78 bits per heavy atom. The number of aryl methyl sites for hydroxylation is 1. The molecule has 0 fully saturated rings. The minimum absolute atomic E-state index is 0.0692. The van der Waals surface area contributed by atoms with E-state index in [1.165, 1.54) is 24.4 Å². The standard InChI is InChI=1S/C23H18FN3O4S/c1-14-6-11-17(12-21(14)32(25,29)30)27-22(28)18-4-2-3-5-19(18)23-26-13-20(31-23)15-7-9-16(24)10-8-15/h2-13H,1H3,(H,27,28)(H2,25,29,30). The fourth-order valence-corrected chi connectivity index (χ4v) is 4.00. The number of rotatable bonds is 5. The van der Waals surface area contributed by atoms with Crippen molar-refractivity contribution in [2.45, 2.75) is 11.8 Å². The van der Waals surface area contributed by atoms with Crippen LogP contribution in [0.4, 0.5) is 10.1 Å². The van der Waals surface area contributed by atoms with E-state index >= 15 is 0 Å². The summed E-state index contributed by atoms with van der Waals surface area (Å²) in [4.78, 5) is 17.2. The lowest BCUT2D eigenvalue weighted by atomic mass is 10.1. The lowest BCUT2D eigenvalue weighted by Gasteiger charge is -2.10. The third kappa shape index (κ3) is 4.43. The molecule has 0 bridgehead atoms. The van der Waals surface area contributed by atoms with Crippen molar-refractivity contribution in [2.24, 2.45) is 5.14 Å². The van der Waals surface area contributed by atoms with E-state index in [0.717, 1.165) is 0 Å². The van der Waals surface area contributed by atoms with E-state index in [1.54, 1.807) is 55.5 Å². The Balaban J connectivity index is 1.65. The Hall–Kier alpha value is -3.82. The Kier molecular flexibility index (Phi) is 5.60. The first kappa shape index (κ1) is 21.4. The number of hydrogen-bond acceptors (Lipinski definition) is 5. The van der Waals surface area contributed by atoms with Crippen molar-refractivity contribution in [2.75, 3.05) is 5.32 Å². The molecular weight excluding hydrogens is 433 g/mol. The highest BCUT2D eigenvalue weighted by molar-refractivity contribution is 7.89. The molecule has 0 spiro atoms. The second kappa shape index (κ2) is 8.37. The highest BCUT2D eigenvalue weighted by atomic mass is 32.2. The van der Waals surface area contributed by atoms with E-state index in [0.29, 0.717) is 22.5 Å². The predicted molar refractivity (Wildman–Crippen MR) is 118 cm³/mol. The van der Waals surface area contributed by atoms with Gasteiger partial charge in [0.15, 0.2) is 5.76 Å². The zero-order valence-electron chi connectivity index (χ0n) is 16.9. The first-order valence-electron chi connectivity index (χ1n) is 9.48. The number of nitrogens with two attached hydrogens (primary N) is 1. The SMILES string of the molecule is Cc1ccc(NC(=O)c2ccccc2-c2ncc(-c3ccc(F)cc3)o2)cc1S(N)(=O)=O. The number of nitrogens with one attached hydrogen (secondary N) is 1. The van der Waals surface area contributed by atoms with Crippen molar-refractivity contribution in [3.05, 3.63) is 89.9 Å². The third-order valence-electron chi connectivity index (χ3n) is 4.79. The summed E-state index contributed by atoms with van der Waals surface area (Å²) in [6, 6.07) is 16.9. The molecule has 1 heterocycles. The van der Waals surface area contributed by atoms with Crippen molar-refractivity contribution in [1.82, 2.24) is 4.98 Å². The Labute approximate surface area is 183 Å². The summed E-state index contributed by atoms with van der Waals surface area (Å²) in [5.74, 6) is -0.209. The van der Waals surface area contributed by atoms with Crippen molar-refractivity contribution in [3.8, 4) is 22.8 Å². The van der Waals surface area contributed by atoms with Crippen LogP contribution in [0, 0.1) is 12.7 Å². The Morgan fingerprint density at radius 3 is 2.50 bits per heavy atom. The maximum Gasteiger partial charge on any atom is 0.256 e. The number of sulfonamides is 1. The van der Waals surface area contributed by atoms with Gasteiger partial charge in [-0.25, -0.2) is 22.9 Å². The molecule has 9 heteroatoms. The van der Waals surface area contributed by atoms with Crippen LogP contribution < -0.4 is 10.5 Å². The molecule has 0 saturated carbocycles. The van der Waals surface area contributed by atoms with Crippen molar-refractivity contribution < 1.29 is 22.0 Å². The fraction of sp³-hybridized carbons (Fsp3) is 0.0435. The molecule has 32 heavy (non-hydrogen) atoms. The van der Waals surface area contributed by atoms with Crippen LogP contribution in [0.15, 0.2) is 82.2 Å². The van der Waals surface area contributed by atoms with Gasteiger partial charge in [0.05, 0.1) is 16.7 Å². The number of nitrogens with zero attached hydrogens (tertiary/aromatic N) is 1. The van der Waals surface area contributed by atoms with E-state index in [9.17, 15) is 17.6 Å². The van der Waals surface area contributed by atoms with Gasteiger partial charge in [0.1, 0.15) is 5.82 Å². The number of aromatic nitrogens is 1. The summed E-state index contributed by atoms with van der Waals surface area (Å²) >= 11 is 0. The molecular formula is C23H18FN3O4S. The zero-order valence-corrected chi connectivity index (χ0v) is 17.7. The van der Waals surface area contributed by atoms with E-state index in [4.69, 9.17) is 9.56 Å². The van der Waals surface area contributed by atoms with Crippen molar-refractivity contribution in [1.29, 1.82) is 0 Å². The molecule has 4 rings (SSSR count). The quantitative estimate of drug-likeness (QED) is 0.468. The second-order valence-corrected chi connectivity index (χ2v) is 8.59. The fourth-order valence-electron chi connectivity index (χ4n) is 3.20. The van der Waals surface area contributed by atoms with Crippen LogP contribution in [0.2, 0.25) is 0 Å². The molecule has 0 unspecified atom stereocenters. The number of primary sulfonamides is 1. The number of halogens is 1. The molecule has 0 aliphatic carbocycles. The normalized spacial score (nSPS) is 11.3. The van der Waals surface area contributed by atoms with E-state index in [1.807, 2.05) is 0 Å². The first-order valence-corrected chi connectivity index (χ1v) is 11.0. The van der Waals surface area contributed by atoms with Crippen LogP contribution >= 0.6 is 0 Å². The molecule has 0 radical (unpaired) electrons. The highest BCUT2D eigenvalue weighted by Gasteiger charge is 2.18. The monoisotopic (exact) mass is 451 g/mol. The maximum atomic E-state index is 13.2. The van der Waals surface area contributed by atoms with Gasteiger partial charge in [0.25, 0.3) is 5.91 Å². The average molecular weight is 451 g/mol. The van der Waals surface area contributed by atoms with Gasteiger partial charge in [-0.3, -0.25) is 4.79 Å². The van der Waals surface area contributed by atoms with E-state index in [2.05, 4.69) is 10.3 Å². The smallest absolute Gasteiger partial charge is 0.256 e. The lowest BCUT2D eigenvalue weighted by Crippen LogP contribution is -2.16. The Morgan fingerprint density at radius 1 is 1.06 bits per heavy atom. The minimum atomic E-state index is -3.93. The Bertz CT molecular complexity index is 1410. The number of benzene rings is 3. The molecule has 1 amide bonds. The summed E-state index contributed by atoms with van der Waals surface area (Å²) < 4.78 is 42.5. The first-order chi connectivity index (χ1) is 15.2. The topological polar surface area (TPSA) is 115 Å². The largest absolute Gasteiger partial charge is 0.436 e. The number of carbonyl (C=O) groups is 1. The van der Waals surface area contributed by atoms with Gasteiger partial charge in [0, 0.05) is 16.8 Å². The zero-order chi connectivity index (χ0) is 22.9. The molecule has 0 aliphatic rings. The number of anilines is 1. The van der Waals surface area contributed by atoms with E-state index in [-0.39, 0.29) is 27.9 Å². The number of hydrogen-bond donors (Lipinski definition) is 2. The molecule has 1 aromatic heterocycles. The van der Waals surface area contributed by atoms with Gasteiger partial charge < -0.3 is 9.73 Å². The van der Waals surface area contributed by atoms with E-state index < -0.39 is 15.9 Å². The van der Waals surface area contributed by atoms with Crippen LogP contribution in [0.25, 0.3) is 22.8 Å². The molecule has 3 aromatic carbocycles. The van der Waals surface area contributed by atoms with Gasteiger partial charge in [-0.2, -0.15) is 0 Å². The summed E-state index contributed by atoms with van der Waals surface area (Å²) in [7, 11) is -3.93. The van der Waals surface area contributed by atoms with Crippen LogP contribution in [-0.2, 0) is 10.0 Å². The molecule has 0 aliphatic heterocycles. The maximum absolute atomic E-state index is 13.2. The summed E-state index contributed by atoms with van der Waals surface area (Å²) in [5.41, 5.74) is 2.11. The van der Waals surface area contributed by atoms with Crippen LogP contribution in [0.3, 0.4) is 0 Å². The molecule has 0 atom stereocenters. The summed E-state index contributed by atoms with van der Waals surface area (Å²) in [5, 5.41) is 7.93. The van der Waals surface area contributed by atoms with Gasteiger partial charge in [-0.05, 0) is 61.0 Å². The summed E-state index contributed by atoms with van der Waals surface area (Å²) in [6.45, 7) is 1.61. The van der Waals surface area contributed by atoms with Crippen LogP contribution in [-0.4, -0.2) is 19.3 Å². The molecule has 0 saturated heterocycles. The average Bonchev–Trinajstić information content (AvgIpc) is 3.25. The van der Waals surface area contributed by atoms with Crippen LogP contribution in [0.1, 0.15) is 15.9 Å². The third-order valence-corrected chi connectivity index (χ3v) is 5.84. The minimum Gasteiger partial charge on any atom is -0.436 e. The van der Waals surface area contributed by atoms with Gasteiger partial charge in [0.2, 0.25) is 15.9 Å². The molecule has 7 nitrogen and oxygen atoms in total. The van der Waals surface area contributed by atoms with Gasteiger partial charge in [-0.15, -0.1) is 0 Å². The van der Waals surface area contributed by atoms with Crippen molar-refractivity contribution in [3.63, 3.8) is 0 Å². The van der Waals surface area contributed by atoms with Crippen molar-refractivity contribution >= 4 is 21.6 Å². The second-order valence-electron chi connectivity index (χ2n) is 7.06.